The molecule has 230 valence electrons. The molecule has 0 N–H and O–H groups in total. The van der Waals surface area contributed by atoms with Gasteiger partial charge in [-0.05, 0) is 52.4 Å². The highest BCUT2D eigenvalue weighted by molar-refractivity contribution is 6.24. The van der Waals surface area contributed by atoms with Crippen LogP contribution in [0.4, 0.5) is 37.7 Å². The number of nitrogens with zero attached hydrogens (tertiary/aromatic N) is 2. The van der Waals surface area contributed by atoms with E-state index in [0.717, 1.165) is 11.8 Å². The molecular weight excluding hydrogens is 594 g/mol. The number of carbonyl (C=O) groups excluding carboxylic acids is 2. The van der Waals surface area contributed by atoms with Crippen molar-refractivity contribution in [2.24, 2.45) is 0 Å². The molecule has 5 rings (SSSR count). The van der Waals surface area contributed by atoms with Gasteiger partial charge in [-0.15, -0.1) is 0 Å². The molecule has 0 aliphatic carbocycles. The summed E-state index contributed by atoms with van der Waals surface area (Å²) in [5.41, 5.74) is 2.68. The first-order chi connectivity index (χ1) is 21.3. The van der Waals surface area contributed by atoms with Crippen molar-refractivity contribution >= 4 is 34.1 Å². The van der Waals surface area contributed by atoms with E-state index in [-0.39, 0.29) is 11.1 Å². The predicted molar refractivity (Wildman–Crippen MR) is 162 cm³/mol. The number of anilines is 2. The van der Waals surface area contributed by atoms with Crippen molar-refractivity contribution in [3.05, 3.63) is 132 Å². The molecule has 0 unspecified atom stereocenters. The maximum Gasteiger partial charge on any atom is 0.454 e. The van der Waals surface area contributed by atoms with Crippen molar-refractivity contribution in [3.63, 3.8) is 0 Å². The summed E-state index contributed by atoms with van der Waals surface area (Å²) >= 11 is 0. The fraction of sp³-hybridized carbons (Fsp3) is 0.143. The van der Waals surface area contributed by atoms with Gasteiger partial charge in [0.15, 0.2) is 0 Å². The largest absolute Gasteiger partial charge is 0.454 e. The lowest BCUT2D eigenvalue weighted by molar-refractivity contribution is -0.164. The molecule has 0 aromatic heterocycles. The molecule has 0 bridgehead atoms. The summed E-state index contributed by atoms with van der Waals surface area (Å²) in [6.07, 6.45) is -7.20. The Kier molecular flexibility index (Phi) is 8.68. The number of Topliss-reactive ketones (excluding diaryl/α,β-unsaturated/α-hetero) is 2. The molecule has 4 aromatic carbocycles. The highest BCUT2D eigenvalue weighted by Crippen LogP contribution is 2.37. The Labute approximate surface area is 255 Å². The lowest BCUT2D eigenvalue weighted by atomic mass is 10.0. The van der Waals surface area contributed by atoms with Gasteiger partial charge in [-0.25, -0.2) is 0 Å². The average molecular weight is 621 g/mol. The van der Waals surface area contributed by atoms with Crippen LogP contribution < -0.4 is 9.80 Å². The minimum atomic E-state index is -5.07. The van der Waals surface area contributed by atoms with Crippen LogP contribution in [-0.4, -0.2) is 37.5 Å². The second-order valence-corrected chi connectivity index (χ2v) is 10.4. The minimum absolute atomic E-state index is 0.119. The molecule has 45 heavy (non-hydrogen) atoms. The summed E-state index contributed by atoms with van der Waals surface area (Å²) in [6.45, 7) is 0.364. The number of hydrogen-bond donors (Lipinski definition) is 0. The van der Waals surface area contributed by atoms with Crippen molar-refractivity contribution in [1.82, 2.24) is 0 Å². The summed E-state index contributed by atoms with van der Waals surface area (Å²) in [7, 11) is 1.53. The van der Waals surface area contributed by atoms with E-state index in [0.29, 0.717) is 35.5 Å². The zero-order valence-corrected chi connectivity index (χ0v) is 23.9. The predicted octanol–water partition coefficient (Wildman–Crippen LogP) is 8.50. The van der Waals surface area contributed by atoms with Gasteiger partial charge in [-0.3, -0.25) is 9.59 Å². The maximum atomic E-state index is 13.5. The molecular formula is C35H26F6N2O2. The van der Waals surface area contributed by atoms with E-state index < -0.39 is 35.1 Å². The molecule has 0 spiro atoms. The van der Waals surface area contributed by atoms with Gasteiger partial charge in [0, 0.05) is 37.4 Å². The van der Waals surface area contributed by atoms with E-state index in [1.165, 1.54) is 42.4 Å². The van der Waals surface area contributed by atoms with Crippen molar-refractivity contribution in [3.8, 4) is 11.1 Å². The van der Waals surface area contributed by atoms with Crippen LogP contribution >= 0.6 is 0 Å². The first-order valence-electron chi connectivity index (χ1n) is 13.8. The summed E-state index contributed by atoms with van der Waals surface area (Å²) in [4.78, 5) is 27.8. The van der Waals surface area contributed by atoms with E-state index in [4.69, 9.17) is 0 Å². The lowest BCUT2D eigenvalue weighted by Gasteiger charge is -2.20. The zero-order chi connectivity index (χ0) is 32.4. The van der Waals surface area contributed by atoms with E-state index in [2.05, 4.69) is 0 Å². The topological polar surface area (TPSA) is 40.6 Å². The third-order valence-corrected chi connectivity index (χ3v) is 7.38. The van der Waals surface area contributed by atoms with Gasteiger partial charge in [0.2, 0.25) is 0 Å². The smallest absolute Gasteiger partial charge is 0.350 e. The number of rotatable bonds is 8. The number of halogens is 6. The average Bonchev–Trinajstić information content (AvgIpc) is 3.43. The molecule has 1 aliphatic heterocycles. The molecule has 10 heteroatoms. The monoisotopic (exact) mass is 620 g/mol. The zero-order valence-electron chi connectivity index (χ0n) is 23.9. The van der Waals surface area contributed by atoms with Gasteiger partial charge in [0.1, 0.15) is 0 Å². The van der Waals surface area contributed by atoms with Crippen LogP contribution in [0, 0.1) is 0 Å². The van der Waals surface area contributed by atoms with Crippen LogP contribution in [0.15, 0.2) is 116 Å². The number of benzene rings is 4. The Morgan fingerprint density at radius 3 is 1.84 bits per heavy atom. The molecule has 4 nitrogen and oxygen atoms in total. The highest BCUT2D eigenvalue weighted by Gasteiger charge is 2.42. The van der Waals surface area contributed by atoms with Crippen LogP contribution in [0.5, 0.6) is 0 Å². The summed E-state index contributed by atoms with van der Waals surface area (Å²) in [6, 6.07) is 27.7. The number of ketones is 2. The Morgan fingerprint density at radius 1 is 0.689 bits per heavy atom. The number of fused-ring (bicyclic) bond motifs is 1. The number of carbonyl (C=O) groups is 2. The number of allylic oxidation sites excluding steroid dienone is 2. The molecule has 0 saturated carbocycles. The van der Waals surface area contributed by atoms with Gasteiger partial charge in [0.25, 0.3) is 11.6 Å². The molecule has 0 fully saturated rings. The number of hydrogen-bond acceptors (Lipinski definition) is 4. The Balaban J connectivity index is 1.49. The minimum Gasteiger partial charge on any atom is -0.350 e. The highest BCUT2D eigenvalue weighted by atomic mass is 19.4. The Bertz CT molecular complexity index is 1780. The molecule has 0 atom stereocenters. The Morgan fingerprint density at radius 2 is 1.24 bits per heavy atom. The second kappa shape index (κ2) is 12.5. The van der Waals surface area contributed by atoms with Crippen molar-refractivity contribution in [1.29, 1.82) is 0 Å². The normalized spacial score (nSPS) is 13.9. The van der Waals surface area contributed by atoms with Crippen LogP contribution in [0.3, 0.4) is 0 Å². The van der Waals surface area contributed by atoms with E-state index >= 15 is 0 Å². The third kappa shape index (κ3) is 7.01. The van der Waals surface area contributed by atoms with Gasteiger partial charge in [0.05, 0.1) is 11.1 Å². The third-order valence-electron chi connectivity index (χ3n) is 7.38. The molecule has 4 aromatic rings. The van der Waals surface area contributed by atoms with Crippen molar-refractivity contribution in [2.45, 2.75) is 18.8 Å². The molecule has 1 aliphatic rings. The van der Waals surface area contributed by atoms with Gasteiger partial charge >= 0.3 is 12.4 Å². The second-order valence-electron chi connectivity index (χ2n) is 10.4. The lowest BCUT2D eigenvalue weighted by Crippen LogP contribution is -2.26. The quantitative estimate of drug-likeness (QED) is 0.146. The SMILES string of the molecule is CN(/C=C(\C(=O)C(F)(F)F)c1ccccc1)c1cccc(-c2ccc3c(c2)N(/C=C(\C(=O)C(F)(F)F)c2ccccc2)CC3)c1. The van der Waals surface area contributed by atoms with Crippen LogP contribution in [-0.2, 0) is 16.0 Å². The van der Waals surface area contributed by atoms with Crippen LogP contribution in [0.25, 0.3) is 22.3 Å². The molecule has 0 amide bonds. The summed E-state index contributed by atoms with van der Waals surface area (Å²) in [5, 5.41) is 0. The molecule has 0 radical (unpaired) electrons. The Hall–Kier alpha value is -5.12. The van der Waals surface area contributed by atoms with E-state index in [1.54, 1.807) is 71.6 Å². The number of alkyl halides is 6. The fourth-order valence-electron chi connectivity index (χ4n) is 5.12. The van der Waals surface area contributed by atoms with Crippen LogP contribution in [0.2, 0.25) is 0 Å². The van der Waals surface area contributed by atoms with Crippen molar-refractivity contribution < 1.29 is 35.9 Å². The first kappa shape index (κ1) is 31.3. The van der Waals surface area contributed by atoms with E-state index in [9.17, 15) is 35.9 Å². The van der Waals surface area contributed by atoms with E-state index in [1.807, 2.05) is 12.1 Å². The van der Waals surface area contributed by atoms with Gasteiger partial charge in [-0.2, -0.15) is 26.3 Å². The fourth-order valence-corrected chi connectivity index (χ4v) is 5.12. The maximum absolute atomic E-state index is 13.5. The molecule has 1 heterocycles. The van der Waals surface area contributed by atoms with Crippen molar-refractivity contribution in [2.75, 3.05) is 23.4 Å². The summed E-state index contributed by atoms with van der Waals surface area (Å²) in [5.74, 6) is -3.91. The first-order valence-corrected chi connectivity index (χ1v) is 13.8. The molecule has 0 saturated heterocycles. The van der Waals surface area contributed by atoms with Gasteiger partial charge in [-0.1, -0.05) is 84.9 Å². The van der Waals surface area contributed by atoms with Gasteiger partial charge < -0.3 is 9.80 Å². The van der Waals surface area contributed by atoms with Crippen LogP contribution in [0.1, 0.15) is 16.7 Å². The summed E-state index contributed by atoms with van der Waals surface area (Å²) < 4.78 is 80.9. The standard InChI is InChI=1S/C35H26F6N2O2/c1-42(21-29(32(44)34(36,37)38)23-9-4-2-5-10-23)28-14-8-13-26(19-28)27-16-15-25-17-18-43(31(25)20-27)22-30(33(45)35(39,40)41)24-11-6-3-7-12-24/h2-16,19-22H,17-18H2,1H3/b29-21-,30-22-.